The normalized spacial score (nSPS) is 11.6. The van der Waals surface area contributed by atoms with Gasteiger partial charge in [0.05, 0.1) is 33.3 Å². The number of hydrogen-bond acceptors (Lipinski definition) is 6. The van der Waals surface area contributed by atoms with Crippen molar-refractivity contribution in [1.82, 2.24) is 0 Å². The van der Waals surface area contributed by atoms with Crippen LogP contribution in [0.25, 0.3) is 0 Å². The van der Waals surface area contributed by atoms with E-state index in [2.05, 4.69) is 9.44 Å². The summed E-state index contributed by atoms with van der Waals surface area (Å²) in [5, 5.41) is 0. The number of benzene rings is 3. The molecule has 0 aliphatic carbocycles. The number of ether oxygens (including phenoxy) is 1. The van der Waals surface area contributed by atoms with E-state index in [4.69, 9.17) is 4.74 Å². The third-order valence-corrected chi connectivity index (χ3v) is 7.43. The molecule has 0 saturated heterocycles. The molecular formula is C23H24N2O6S2. The first-order valence-corrected chi connectivity index (χ1v) is 13.0. The first-order valence-electron chi connectivity index (χ1n) is 10.0. The molecule has 3 rings (SSSR count). The quantitative estimate of drug-likeness (QED) is 0.461. The summed E-state index contributed by atoms with van der Waals surface area (Å²) in [6.45, 7) is 5.47. The maximum absolute atomic E-state index is 12.9. The number of nitrogens with one attached hydrogen (secondary N) is 2. The Labute approximate surface area is 193 Å². The van der Waals surface area contributed by atoms with E-state index < -0.39 is 26.0 Å². The molecule has 8 nitrogen and oxygen atoms in total. The number of aryl methyl sites for hydroxylation is 2. The lowest BCUT2D eigenvalue weighted by atomic mass is 10.2. The summed E-state index contributed by atoms with van der Waals surface area (Å²) in [6.07, 6.45) is 0. The average Bonchev–Trinajstić information content (AvgIpc) is 2.76. The zero-order chi connectivity index (χ0) is 24.2. The summed E-state index contributed by atoms with van der Waals surface area (Å²) < 4.78 is 61.3. The van der Waals surface area contributed by atoms with Crippen molar-refractivity contribution >= 4 is 37.4 Å². The van der Waals surface area contributed by atoms with Gasteiger partial charge in [0.25, 0.3) is 20.0 Å². The van der Waals surface area contributed by atoms with E-state index in [1.165, 1.54) is 48.5 Å². The highest BCUT2D eigenvalue weighted by molar-refractivity contribution is 7.93. The van der Waals surface area contributed by atoms with Gasteiger partial charge >= 0.3 is 5.97 Å². The van der Waals surface area contributed by atoms with Gasteiger partial charge in [-0.15, -0.1) is 0 Å². The summed E-state index contributed by atoms with van der Waals surface area (Å²) in [6, 6.07) is 16.2. The molecule has 2 N–H and O–H groups in total. The smallest absolute Gasteiger partial charge is 0.338 e. The maximum atomic E-state index is 12.9. The number of rotatable bonds is 8. The van der Waals surface area contributed by atoms with Crippen LogP contribution in [0.3, 0.4) is 0 Å². The minimum Gasteiger partial charge on any atom is -0.462 e. The van der Waals surface area contributed by atoms with Crippen LogP contribution < -0.4 is 9.44 Å². The second kappa shape index (κ2) is 9.63. The van der Waals surface area contributed by atoms with Crippen LogP contribution in [0, 0.1) is 13.8 Å². The van der Waals surface area contributed by atoms with E-state index in [0.717, 1.165) is 11.1 Å². The van der Waals surface area contributed by atoms with Gasteiger partial charge in [-0.25, -0.2) is 21.6 Å². The Morgan fingerprint density at radius 1 is 0.727 bits per heavy atom. The second-order valence-corrected chi connectivity index (χ2v) is 10.7. The topological polar surface area (TPSA) is 119 Å². The molecule has 0 aliphatic heterocycles. The number of anilines is 2. The monoisotopic (exact) mass is 488 g/mol. The molecule has 3 aromatic carbocycles. The lowest BCUT2D eigenvalue weighted by Crippen LogP contribution is -2.18. The van der Waals surface area contributed by atoms with E-state index in [1.807, 2.05) is 6.92 Å². The molecule has 0 saturated carbocycles. The largest absolute Gasteiger partial charge is 0.462 e. The second-order valence-electron chi connectivity index (χ2n) is 7.32. The van der Waals surface area contributed by atoms with Crippen molar-refractivity contribution < 1.29 is 26.4 Å². The van der Waals surface area contributed by atoms with Gasteiger partial charge in [-0.05, 0) is 74.9 Å². The Morgan fingerprint density at radius 2 is 1.21 bits per heavy atom. The zero-order valence-electron chi connectivity index (χ0n) is 18.3. The van der Waals surface area contributed by atoms with E-state index >= 15 is 0 Å². The Hall–Kier alpha value is -3.37. The zero-order valence-corrected chi connectivity index (χ0v) is 20.0. The molecule has 0 heterocycles. The number of sulfonamides is 2. The minimum absolute atomic E-state index is 0.0528. The van der Waals surface area contributed by atoms with Crippen molar-refractivity contribution in [3.05, 3.63) is 83.4 Å². The third-order valence-electron chi connectivity index (χ3n) is 4.67. The molecule has 0 atom stereocenters. The highest BCUT2D eigenvalue weighted by Crippen LogP contribution is 2.28. The van der Waals surface area contributed by atoms with Crippen LogP contribution in [0.15, 0.2) is 76.5 Å². The van der Waals surface area contributed by atoms with E-state index in [0.29, 0.717) is 0 Å². The van der Waals surface area contributed by atoms with Gasteiger partial charge < -0.3 is 4.74 Å². The molecular weight excluding hydrogens is 464 g/mol. The summed E-state index contributed by atoms with van der Waals surface area (Å²) in [5.41, 5.74) is 2.00. The van der Waals surface area contributed by atoms with Crippen LogP contribution in [0.2, 0.25) is 0 Å². The highest BCUT2D eigenvalue weighted by atomic mass is 32.2. The third kappa shape index (κ3) is 5.91. The van der Waals surface area contributed by atoms with Crippen molar-refractivity contribution in [2.75, 3.05) is 16.1 Å². The van der Waals surface area contributed by atoms with Crippen LogP contribution in [-0.4, -0.2) is 29.4 Å². The Bertz CT molecular complexity index is 1370. The molecule has 174 valence electrons. The molecule has 3 aromatic rings. The molecule has 0 aliphatic rings. The Kier molecular flexibility index (Phi) is 7.09. The van der Waals surface area contributed by atoms with Gasteiger partial charge in [0.2, 0.25) is 0 Å². The SMILES string of the molecule is CCOC(=O)c1ccc(S(=O)(=O)Nc2cc(C)ccc2NS(=O)(=O)c2ccc(C)cc2)cc1. The summed E-state index contributed by atoms with van der Waals surface area (Å²) >= 11 is 0. The summed E-state index contributed by atoms with van der Waals surface area (Å²) in [7, 11) is -8.01. The van der Waals surface area contributed by atoms with Gasteiger partial charge in [0, 0.05) is 0 Å². The average molecular weight is 489 g/mol. The number of carbonyl (C=O) groups excluding carboxylic acids is 1. The van der Waals surface area contributed by atoms with Crippen molar-refractivity contribution in [3.63, 3.8) is 0 Å². The molecule has 0 fully saturated rings. The fourth-order valence-electron chi connectivity index (χ4n) is 2.94. The number of esters is 1. The molecule has 33 heavy (non-hydrogen) atoms. The summed E-state index contributed by atoms with van der Waals surface area (Å²) in [5.74, 6) is -0.555. The summed E-state index contributed by atoms with van der Waals surface area (Å²) in [4.78, 5) is 11.8. The lowest BCUT2D eigenvalue weighted by molar-refractivity contribution is 0.0526. The fourth-order valence-corrected chi connectivity index (χ4v) is 5.09. The molecule has 0 radical (unpaired) electrons. The van der Waals surface area contributed by atoms with E-state index in [1.54, 1.807) is 32.0 Å². The van der Waals surface area contributed by atoms with E-state index in [9.17, 15) is 21.6 Å². The van der Waals surface area contributed by atoms with Crippen molar-refractivity contribution in [3.8, 4) is 0 Å². The standard InChI is InChI=1S/C23H24N2O6S2/c1-4-31-23(26)18-8-12-20(13-9-18)33(29,30)25-22-15-17(3)7-14-21(22)24-32(27,28)19-10-5-16(2)6-11-19/h5-15,24-25H,4H2,1-3H3. The highest BCUT2D eigenvalue weighted by Gasteiger charge is 2.20. The van der Waals surface area contributed by atoms with Gasteiger partial charge in [0.1, 0.15) is 0 Å². The van der Waals surface area contributed by atoms with Crippen LogP contribution in [0.5, 0.6) is 0 Å². The first kappa shape index (κ1) is 24.3. The Morgan fingerprint density at radius 3 is 1.76 bits per heavy atom. The molecule has 0 spiro atoms. The number of carbonyl (C=O) groups is 1. The predicted octanol–water partition coefficient (Wildman–Crippen LogP) is 4.08. The predicted molar refractivity (Wildman–Crippen MR) is 126 cm³/mol. The molecule has 0 amide bonds. The lowest BCUT2D eigenvalue weighted by Gasteiger charge is -2.16. The molecule has 0 bridgehead atoms. The van der Waals surface area contributed by atoms with Gasteiger partial charge in [0.15, 0.2) is 0 Å². The minimum atomic E-state index is -4.07. The number of hydrogen-bond donors (Lipinski definition) is 2. The molecule has 0 aromatic heterocycles. The van der Waals surface area contributed by atoms with Crippen LogP contribution in [0.1, 0.15) is 28.4 Å². The van der Waals surface area contributed by atoms with Gasteiger partial charge in [-0.3, -0.25) is 9.44 Å². The van der Waals surface area contributed by atoms with E-state index in [-0.39, 0.29) is 33.3 Å². The maximum Gasteiger partial charge on any atom is 0.338 e. The molecule has 0 unspecified atom stereocenters. The van der Waals surface area contributed by atoms with Crippen molar-refractivity contribution in [1.29, 1.82) is 0 Å². The first-order chi connectivity index (χ1) is 15.5. The molecule has 10 heteroatoms. The van der Waals surface area contributed by atoms with Crippen LogP contribution >= 0.6 is 0 Å². The van der Waals surface area contributed by atoms with Crippen LogP contribution in [-0.2, 0) is 24.8 Å². The fraction of sp³-hybridized carbons (Fsp3) is 0.174. The van der Waals surface area contributed by atoms with Crippen molar-refractivity contribution in [2.45, 2.75) is 30.6 Å². The van der Waals surface area contributed by atoms with Gasteiger partial charge in [-0.1, -0.05) is 23.8 Å². The Balaban J connectivity index is 1.90. The van der Waals surface area contributed by atoms with Gasteiger partial charge in [-0.2, -0.15) is 0 Å². The van der Waals surface area contributed by atoms with Crippen molar-refractivity contribution in [2.24, 2.45) is 0 Å². The van der Waals surface area contributed by atoms with Crippen LogP contribution in [0.4, 0.5) is 11.4 Å².